The fourth-order valence-corrected chi connectivity index (χ4v) is 3.61. The van der Waals surface area contributed by atoms with Gasteiger partial charge in [0.25, 0.3) is 0 Å². The molecule has 8 heteroatoms. The molecule has 1 aliphatic heterocycles. The number of carbonyl (C=O) groups excluding carboxylic acids is 1. The maximum Gasteiger partial charge on any atom is 0.232 e. The molecule has 1 aliphatic rings. The summed E-state index contributed by atoms with van der Waals surface area (Å²) in [5, 5.41) is 4.10. The van der Waals surface area contributed by atoms with Gasteiger partial charge in [-0.05, 0) is 36.8 Å². The van der Waals surface area contributed by atoms with Crippen LogP contribution in [0.2, 0.25) is 0 Å². The smallest absolute Gasteiger partial charge is 0.232 e. The molecule has 1 amide bonds. The average molecular weight is 409 g/mol. The first kappa shape index (κ1) is 19.8. The predicted molar refractivity (Wildman–Crippen MR) is 110 cm³/mol. The SMILES string of the molecule is COc1ccc(C)c(N2CC(c3nc(-c4ccc(OC)c(OC)c4)no3)CC2=O)c1. The Morgan fingerprint density at radius 3 is 2.57 bits per heavy atom. The summed E-state index contributed by atoms with van der Waals surface area (Å²) in [6, 6.07) is 11.1. The lowest BCUT2D eigenvalue weighted by Gasteiger charge is -2.19. The van der Waals surface area contributed by atoms with E-state index in [1.165, 1.54) is 0 Å². The summed E-state index contributed by atoms with van der Waals surface area (Å²) < 4.78 is 21.4. The van der Waals surface area contributed by atoms with Crippen molar-refractivity contribution in [2.24, 2.45) is 0 Å². The normalized spacial score (nSPS) is 16.1. The van der Waals surface area contributed by atoms with Gasteiger partial charge in [-0.3, -0.25) is 4.79 Å². The third-order valence-electron chi connectivity index (χ3n) is 5.26. The maximum absolute atomic E-state index is 12.7. The van der Waals surface area contributed by atoms with Crippen LogP contribution < -0.4 is 19.1 Å². The van der Waals surface area contributed by atoms with E-state index in [1.807, 2.05) is 31.2 Å². The summed E-state index contributed by atoms with van der Waals surface area (Å²) >= 11 is 0. The maximum atomic E-state index is 12.7. The number of carbonyl (C=O) groups is 1. The molecule has 1 atom stereocenters. The molecular formula is C22H23N3O5. The van der Waals surface area contributed by atoms with E-state index < -0.39 is 0 Å². The predicted octanol–water partition coefficient (Wildman–Crippen LogP) is 3.59. The molecule has 0 N–H and O–H groups in total. The summed E-state index contributed by atoms with van der Waals surface area (Å²) in [5.74, 6) is 2.63. The number of benzene rings is 2. The van der Waals surface area contributed by atoms with Crippen molar-refractivity contribution >= 4 is 11.6 Å². The van der Waals surface area contributed by atoms with E-state index in [0.717, 1.165) is 16.8 Å². The van der Waals surface area contributed by atoms with Gasteiger partial charge in [-0.15, -0.1) is 0 Å². The second kappa shape index (κ2) is 8.06. The fourth-order valence-electron chi connectivity index (χ4n) is 3.61. The van der Waals surface area contributed by atoms with E-state index in [1.54, 1.807) is 38.4 Å². The molecule has 3 aromatic rings. The van der Waals surface area contributed by atoms with Crippen molar-refractivity contribution in [3.63, 3.8) is 0 Å². The van der Waals surface area contributed by atoms with Crippen LogP contribution in [0.4, 0.5) is 5.69 Å². The number of amides is 1. The molecule has 30 heavy (non-hydrogen) atoms. The highest BCUT2D eigenvalue weighted by Gasteiger charge is 2.36. The Hall–Kier alpha value is -3.55. The lowest BCUT2D eigenvalue weighted by Crippen LogP contribution is -2.25. The summed E-state index contributed by atoms with van der Waals surface area (Å²) in [6.07, 6.45) is 0.310. The number of aromatic nitrogens is 2. The van der Waals surface area contributed by atoms with Crippen LogP contribution in [0.1, 0.15) is 23.8 Å². The first-order chi connectivity index (χ1) is 14.5. The van der Waals surface area contributed by atoms with E-state index in [2.05, 4.69) is 10.1 Å². The molecule has 2 heterocycles. The zero-order valence-corrected chi connectivity index (χ0v) is 17.3. The topological polar surface area (TPSA) is 86.9 Å². The monoisotopic (exact) mass is 409 g/mol. The van der Waals surface area contributed by atoms with Gasteiger partial charge in [-0.1, -0.05) is 11.2 Å². The second-order valence-corrected chi connectivity index (χ2v) is 7.08. The Balaban J connectivity index is 1.57. The van der Waals surface area contributed by atoms with Crippen molar-refractivity contribution in [2.75, 3.05) is 32.8 Å². The molecule has 156 valence electrons. The van der Waals surface area contributed by atoms with Crippen molar-refractivity contribution in [1.29, 1.82) is 0 Å². The zero-order valence-electron chi connectivity index (χ0n) is 17.3. The number of rotatable bonds is 6. The Morgan fingerprint density at radius 2 is 1.83 bits per heavy atom. The lowest BCUT2D eigenvalue weighted by molar-refractivity contribution is -0.117. The van der Waals surface area contributed by atoms with Crippen molar-refractivity contribution in [1.82, 2.24) is 10.1 Å². The molecular weight excluding hydrogens is 386 g/mol. The number of ether oxygens (including phenoxy) is 3. The molecule has 8 nitrogen and oxygen atoms in total. The van der Waals surface area contributed by atoms with Crippen LogP contribution in [0.5, 0.6) is 17.2 Å². The van der Waals surface area contributed by atoms with E-state index in [-0.39, 0.29) is 11.8 Å². The standard InChI is InChI=1S/C22H23N3O5/c1-13-5-7-16(27-2)11-17(13)25-12-15(10-20(25)26)22-23-21(24-30-22)14-6-8-18(28-3)19(9-14)29-4/h5-9,11,15H,10,12H2,1-4H3. The van der Waals surface area contributed by atoms with E-state index in [0.29, 0.717) is 41.9 Å². The third kappa shape index (κ3) is 3.56. The third-order valence-corrected chi connectivity index (χ3v) is 5.26. The number of aryl methyl sites for hydroxylation is 1. The van der Waals surface area contributed by atoms with Gasteiger partial charge in [0.1, 0.15) is 5.75 Å². The van der Waals surface area contributed by atoms with E-state index in [4.69, 9.17) is 18.7 Å². The highest BCUT2D eigenvalue weighted by molar-refractivity contribution is 5.97. The minimum atomic E-state index is -0.176. The van der Waals surface area contributed by atoms with Crippen LogP contribution in [-0.2, 0) is 4.79 Å². The summed E-state index contributed by atoms with van der Waals surface area (Å²) in [7, 11) is 4.76. The van der Waals surface area contributed by atoms with Crippen molar-refractivity contribution in [2.45, 2.75) is 19.3 Å². The molecule has 1 aromatic heterocycles. The lowest BCUT2D eigenvalue weighted by atomic mass is 10.1. The van der Waals surface area contributed by atoms with Gasteiger partial charge in [0.2, 0.25) is 17.6 Å². The van der Waals surface area contributed by atoms with Gasteiger partial charge < -0.3 is 23.6 Å². The molecule has 0 saturated carbocycles. The fraction of sp³-hybridized carbons (Fsp3) is 0.318. The molecule has 1 saturated heterocycles. The number of anilines is 1. The van der Waals surface area contributed by atoms with E-state index >= 15 is 0 Å². The Morgan fingerprint density at radius 1 is 1.03 bits per heavy atom. The molecule has 0 aliphatic carbocycles. The molecule has 0 radical (unpaired) electrons. The highest BCUT2D eigenvalue weighted by Crippen LogP contribution is 2.36. The minimum absolute atomic E-state index is 0.0159. The number of nitrogens with zero attached hydrogens (tertiary/aromatic N) is 3. The Bertz CT molecular complexity index is 1080. The molecule has 0 bridgehead atoms. The van der Waals surface area contributed by atoms with Crippen LogP contribution >= 0.6 is 0 Å². The van der Waals surface area contributed by atoms with Crippen LogP contribution in [0.3, 0.4) is 0 Å². The molecule has 4 rings (SSSR count). The highest BCUT2D eigenvalue weighted by atomic mass is 16.5. The summed E-state index contributed by atoms with van der Waals surface area (Å²) in [5.41, 5.74) is 2.58. The first-order valence-electron chi connectivity index (χ1n) is 9.55. The zero-order chi connectivity index (χ0) is 21.3. The van der Waals surface area contributed by atoms with Gasteiger partial charge >= 0.3 is 0 Å². The second-order valence-electron chi connectivity index (χ2n) is 7.08. The summed E-state index contributed by atoms with van der Waals surface area (Å²) in [4.78, 5) is 19.0. The van der Waals surface area contributed by atoms with Gasteiger partial charge in [-0.2, -0.15) is 4.98 Å². The average Bonchev–Trinajstić information content (AvgIpc) is 3.40. The molecule has 1 unspecified atom stereocenters. The quantitative estimate of drug-likeness (QED) is 0.615. The van der Waals surface area contributed by atoms with Crippen LogP contribution in [-0.4, -0.2) is 43.9 Å². The van der Waals surface area contributed by atoms with Crippen molar-refractivity contribution in [3.05, 3.63) is 47.9 Å². The molecule has 1 fully saturated rings. The largest absolute Gasteiger partial charge is 0.497 e. The van der Waals surface area contributed by atoms with Crippen LogP contribution in [0.15, 0.2) is 40.9 Å². The minimum Gasteiger partial charge on any atom is -0.497 e. The van der Waals surface area contributed by atoms with Crippen LogP contribution in [0.25, 0.3) is 11.4 Å². The number of hydrogen-bond acceptors (Lipinski definition) is 7. The van der Waals surface area contributed by atoms with Gasteiger partial charge in [0.15, 0.2) is 11.5 Å². The Kier molecular flexibility index (Phi) is 5.31. The van der Waals surface area contributed by atoms with Crippen molar-refractivity contribution < 1.29 is 23.5 Å². The molecule has 2 aromatic carbocycles. The number of methoxy groups -OCH3 is 3. The van der Waals surface area contributed by atoms with E-state index in [9.17, 15) is 4.79 Å². The van der Waals surface area contributed by atoms with Gasteiger partial charge in [0.05, 0.1) is 32.9 Å². The van der Waals surface area contributed by atoms with Gasteiger partial charge in [0, 0.05) is 24.6 Å². The van der Waals surface area contributed by atoms with Crippen molar-refractivity contribution in [3.8, 4) is 28.6 Å². The number of hydrogen-bond donors (Lipinski definition) is 0. The van der Waals surface area contributed by atoms with Gasteiger partial charge in [-0.25, -0.2) is 0 Å². The van der Waals surface area contributed by atoms with Crippen LogP contribution in [0, 0.1) is 6.92 Å². The first-order valence-corrected chi connectivity index (χ1v) is 9.55. The summed E-state index contributed by atoms with van der Waals surface area (Å²) in [6.45, 7) is 2.44. The molecule has 0 spiro atoms. The Labute approximate surface area is 174 Å².